The van der Waals surface area contributed by atoms with E-state index in [2.05, 4.69) is 10.4 Å². The summed E-state index contributed by atoms with van der Waals surface area (Å²) in [6.07, 6.45) is 5.91. The summed E-state index contributed by atoms with van der Waals surface area (Å²) in [7, 11) is 0. The van der Waals surface area contributed by atoms with Crippen LogP contribution in [0.1, 0.15) is 43.2 Å². The minimum Gasteiger partial charge on any atom is -0.308 e. The standard InChI is InChI=1S/C14H20FN3/c1-10-7-11(9-12(15)8-10)14(18-16)17-13-5-3-2-4-6-13/h7-9,13H,2-6,16H2,1H3,(H,17,18). The molecule has 0 heterocycles. The van der Waals surface area contributed by atoms with Gasteiger partial charge in [-0.25, -0.2) is 10.2 Å². The van der Waals surface area contributed by atoms with Crippen LogP contribution in [-0.4, -0.2) is 11.9 Å². The third-order valence-corrected chi connectivity index (χ3v) is 3.34. The van der Waals surface area contributed by atoms with Crippen molar-refractivity contribution in [2.45, 2.75) is 45.1 Å². The molecule has 18 heavy (non-hydrogen) atoms. The van der Waals surface area contributed by atoms with Gasteiger partial charge in [0.1, 0.15) is 11.7 Å². The lowest BCUT2D eigenvalue weighted by molar-refractivity contribution is 0.442. The molecule has 1 aromatic rings. The monoisotopic (exact) mass is 249 g/mol. The van der Waals surface area contributed by atoms with Gasteiger partial charge in [-0.05, 0) is 43.5 Å². The second kappa shape index (κ2) is 5.96. The van der Waals surface area contributed by atoms with E-state index in [-0.39, 0.29) is 5.82 Å². The number of nitrogens with zero attached hydrogens (tertiary/aromatic N) is 1. The van der Waals surface area contributed by atoms with Gasteiger partial charge in [0.25, 0.3) is 0 Å². The van der Waals surface area contributed by atoms with Gasteiger partial charge in [0.2, 0.25) is 0 Å². The molecule has 4 heteroatoms. The van der Waals surface area contributed by atoms with Crippen molar-refractivity contribution in [3.63, 3.8) is 0 Å². The van der Waals surface area contributed by atoms with Crippen LogP contribution in [0.15, 0.2) is 23.2 Å². The molecule has 1 aliphatic rings. The number of nitrogens with two attached hydrogens (primary N) is 1. The zero-order valence-electron chi connectivity index (χ0n) is 10.7. The van der Waals surface area contributed by atoms with Gasteiger partial charge in [-0.2, -0.15) is 0 Å². The highest BCUT2D eigenvalue weighted by molar-refractivity contribution is 5.98. The average Bonchev–Trinajstić information content (AvgIpc) is 2.36. The Morgan fingerprint density at radius 1 is 1.28 bits per heavy atom. The third-order valence-electron chi connectivity index (χ3n) is 3.34. The number of amidine groups is 1. The first-order chi connectivity index (χ1) is 8.69. The van der Waals surface area contributed by atoms with Crippen molar-refractivity contribution in [1.82, 2.24) is 5.43 Å². The predicted octanol–water partition coefficient (Wildman–Crippen LogP) is 2.68. The molecule has 0 spiro atoms. The zero-order valence-corrected chi connectivity index (χ0v) is 10.7. The van der Waals surface area contributed by atoms with E-state index >= 15 is 0 Å². The molecule has 0 aromatic heterocycles. The Morgan fingerprint density at radius 3 is 2.61 bits per heavy atom. The van der Waals surface area contributed by atoms with Crippen LogP contribution >= 0.6 is 0 Å². The third kappa shape index (κ3) is 3.29. The fourth-order valence-electron chi connectivity index (χ4n) is 2.46. The smallest absolute Gasteiger partial charge is 0.142 e. The highest BCUT2D eigenvalue weighted by Gasteiger charge is 2.14. The van der Waals surface area contributed by atoms with E-state index in [0.29, 0.717) is 11.9 Å². The molecular formula is C14H20FN3. The number of aryl methyl sites for hydroxylation is 1. The molecule has 0 bridgehead atoms. The van der Waals surface area contributed by atoms with E-state index in [1.807, 2.05) is 13.0 Å². The van der Waals surface area contributed by atoms with E-state index in [0.717, 1.165) is 24.0 Å². The van der Waals surface area contributed by atoms with Gasteiger partial charge in [-0.3, -0.25) is 4.99 Å². The Hall–Kier alpha value is -1.42. The molecule has 0 amide bonds. The molecule has 1 fully saturated rings. The highest BCUT2D eigenvalue weighted by atomic mass is 19.1. The summed E-state index contributed by atoms with van der Waals surface area (Å²) in [6.45, 7) is 1.86. The number of rotatable bonds is 2. The second-order valence-corrected chi connectivity index (χ2v) is 4.93. The molecule has 0 radical (unpaired) electrons. The number of benzene rings is 1. The van der Waals surface area contributed by atoms with E-state index in [1.165, 1.54) is 31.4 Å². The number of aliphatic imine (C=N–C) groups is 1. The summed E-state index contributed by atoms with van der Waals surface area (Å²) in [5.41, 5.74) is 4.20. The average molecular weight is 249 g/mol. The van der Waals surface area contributed by atoms with Gasteiger partial charge < -0.3 is 5.43 Å². The van der Waals surface area contributed by atoms with Crippen molar-refractivity contribution in [1.29, 1.82) is 0 Å². The van der Waals surface area contributed by atoms with Crippen LogP contribution in [0.4, 0.5) is 4.39 Å². The summed E-state index contributed by atoms with van der Waals surface area (Å²) < 4.78 is 13.4. The van der Waals surface area contributed by atoms with Crippen molar-refractivity contribution in [2.24, 2.45) is 10.8 Å². The fourth-order valence-corrected chi connectivity index (χ4v) is 2.46. The van der Waals surface area contributed by atoms with Crippen molar-refractivity contribution in [3.8, 4) is 0 Å². The van der Waals surface area contributed by atoms with Crippen molar-refractivity contribution in [3.05, 3.63) is 35.1 Å². The van der Waals surface area contributed by atoms with Gasteiger partial charge in [0.05, 0.1) is 6.04 Å². The first kappa shape index (κ1) is 13.0. The first-order valence-corrected chi connectivity index (χ1v) is 6.51. The highest BCUT2D eigenvalue weighted by Crippen LogP contribution is 2.21. The molecule has 1 aromatic carbocycles. The van der Waals surface area contributed by atoms with Gasteiger partial charge in [0, 0.05) is 5.56 Å². The SMILES string of the molecule is Cc1cc(F)cc(C(=NC2CCCCC2)NN)c1. The minimum atomic E-state index is -0.253. The molecule has 0 saturated heterocycles. The molecule has 98 valence electrons. The normalized spacial score (nSPS) is 17.8. The number of hydrogen-bond donors (Lipinski definition) is 2. The summed E-state index contributed by atoms with van der Waals surface area (Å²) in [4.78, 5) is 4.62. The topological polar surface area (TPSA) is 50.4 Å². The van der Waals surface area contributed by atoms with E-state index in [9.17, 15) is 4.39 Å². The van der Waals surface area contributed by atoms with Gasteiger partial charge in [-0.1, -0.05) is 19.3 Å². The number of hydrazine groups is 1. The Kier molecular flexibility index (Phi) is 4.31. The van der Waals surface area contributed by atoms with Crippen LogP contribution in [0.3, 0.4) is 0 Å². The van der Waals surface area contributed by atoms with Crippen LogP contribution in [-0.2, 0) is 0 Å². The summed E-state index contributed by atoms with van der Waals surface area (Å²) in [6, 6.07) is 5.17. The first-order valence-electron chi connectivity index (χ1n) is 6.51. The van der Waals surface area contributed by atoms with Gasteiger partial charge in [-0.15, -0.1) is 0 Å². The van der Waals surface area contributed by atoms with E-state index < -0.39 is 0 Å². The van der Waals surface area contributed by atoms with Crippen LogP contribution in [0.25, 0.3) is 0 Å². The van der Waals surface area contributed by atoms with Gasteiger partial charge >= 0.3 is 0 Å². The molecule has 1 aliphatic carbocycles. The lowest BCUT2D eigenvalue weighted by Gasteiger charge is -2.19. The Morgan fingerprint density at radius 2 is 2.00 bits per heavy atom. The summed E-state index contributed by atoms with van der Waals surface area (Å²) in [5, 5.41) is 0. The van der Waals surface area contributed by atoms with Crippen molar-refractivity contribution < 1.29 is 4.39 Å². The van der Waals surface area contributed by atoms with Crippen LogP contribution in [0.5, 0.6) is 0 Å². The summed E-state index contributed by atoms with van der Waals surface area (Å²) >= 11 is 0. The molecule has 3 nitrogen and oxygen atoms in total. The predicted molar refractivity (Wildman–Crippen MR) is 71.9 cm³/mol. The molecule has 0 unspecified atom stereocenters. The van der Waals surface area contributed by atoms with Crippen molar-refractivity contribution in [2.75, 3.05) is 0 Å². The maximum atomic E-state index is 13.4. The van der Waals surface area contributed by atoms with Crippen molar-refractivity contribution >= 4 is 5.84 Å². The maximum Gasteiger partial charge on any atom is 0.142 e. The van der Waals surface area contributed by atoms with E-state index in [4.69, 9.17) is 5.84 Å². The largest absolute Gasteiger partial charge is 0.308 e. The molecule has 1 saturated carbocycles. The number of nitrogens with one attached hydrogen (secondary N) is 1. The van der Waals surface area contributed by atoms with Crippen LogP contribution in [0.2, 0.25) is 0 Å². The molecular weight excluding hydrogens is 229 g/mol. The van der Waals surface area contributed by atoms with Crippen LogP contribution in [0, 0.1) is 12.7 Å². The molecule has 0 aliphatic heterocycles. The number of hydrogen-bond acceptors (Lipinski definition) is 2. The number of halogens is 1. The lowest BCUT2D eigenvalue weighted by Crippen LogP contribution is -2.33. The second-order valence-electron chi connectivity index (χ2n) is 4.93. The van der Waals surface area contributed by atoms with Gasteiger partial charge in [0.15, 0.2) is 0 Å². The molecule has 2 rings (SSSR count). The quantitative estimate of drug-likeness (QED) is 0.366. The van der Waals surface area contributed by atoms with Crippen LogP contribution < -0.4 is 11.3 Å². The fraction of sp³-hybridized carbons (Fsp3) is 0.500. The Bertz CT molecular complexity index is 416. The zero-order chi connectivity index (χ0) is 13.0. The van der Waals surface area contributed by atoms with E-state index in [1.54, 1.807) is 0 Å². The maximum absolute atomic E-state index is 13.4. The Labute approximate surface area is 107 Å². The molecule has 3 N–H and O–H groups in total. The minimum absolute atomic E-state index is 0.253. The Balaban J connectivity index is 2.23. The lowest BCUT2D eigenvalue weighted by atomic mass is 9.96. The molecule has 0 atom stereocenters. The summed E-state index contributed by atoms with van der Waals surface area (Å²) in [5.74, 6) is 5.85.